The number of nitrogens with zero attached hydrogens (tertiary/aromatic N) is 2. The Balaban J connectivity index is 2.25. The van der Waals surface area contributed by atoms with Crippen LogP contribution in [-0.2, 0) is 20.8 Å². The largest absolute Gasteiger partial charge is 0.507 e. The van der Waals surface area contributed by atoms with Crippen molar-refractivity contribution in [2.45, 2.75) is 31.0 Å². The fraction of sp³-hybridized carbons (Fsp3) is 0.409. The molecular formula is C22H28N4O8S2. The van der Waals surface area contributed by atoms with E-state index in [4.69, 9.17) is 18.7 Å². The lowest BCUT2D eigenvalue weighted by Gasteiger charge is -2.24. The number of hydrogen-bond donors (Lipinski definition) is 4. The number of aromatic hydroxyl groups is 1. The molecule has 0 fully saturated rings. The maximum Gasteiger partial charge on any atom is 0.407 e. The molecular weight excluding hydrogens is 512 g/mol. The second kappa shape index (κ2) is 13.6. The van der Waals surface area contributed by atoms with Gasteiger partial charge < -0.3 is 34.5 Å². The summed E-state index contributed by atoms with van der Waals surface area (Å²) in [6.07, 6.45) is 0.721. The molecule has 2 aromatic rings. The van der Waals surface area contributed by atoms with Gasteiger partial charge in [-0.05, 0) is 12.7 Å². The lowest BCUT2D eigenvalue weighted by atomic mass is 9.99. The van der Waals surface area contributed by atoms with Crippen LogP contribution in [0.2, 0.25) is 0 Å². The number of methoxy groups -OCH3 is 2. The summed E-state index contributed by atoms with van der Waals surface area (Å²) in [7, 11) is 2.63. The molecule has 196 valence electrons. The van der Waals surface area contributed by atoms with Gasteiger partial charge in [-0.15, -0.1) is 11.8 Å². The predicted molar refractivity (Wildman–Crippen MR) is 134 cm³/mol. The Morgan fingerprint density at radius 2 is 2.08 bits per heavy atom. The molecule has 2 unspecified atom stereocenters. The molecule has 14 heteroatoms. The van der Waals surface area contributed by atoms with Crippen molar-refractivity contribution in [2.24, 2.45) is 0 Å². The molecule has 0 spiro atoms. The van der Waals surface area contributed by atoms with Crippen molar-refractivity contribution in [3.05, 3.63) is 47.1 Å². The van der Waals surface area contributed by atoms with E-state index >= 15 is 0 Å². The maximum atomic E-state index is 13.0. The summed E-state index contributed by atoms with van der Waals surface area (Å²) in [6.45, 7) is 6.88. The lowest BCUT2D eigenvalue weighted by Crippen LogP contribution is -2.31. The van der Waals surface area contributed by atoms with Gasteiger partial charge in [-0.1, -0.05) is 24.7 Å². The summed E-state index contributed by atoms with van der Waals surface area (Å²) in [5.41, 5.74) is 0.677. The highest BCUT2D eigenvalue weighted by atomic mass is 32.2. The second-order valence-corrected chi connectivity index (χ2v) is 8.94. The Morgan fingerprint density at radius 1 is 1.36 bits per heavy atom. The number of alkyl carbamates (subject to hydrolysis) is 1. The van der Waals surface area contributed by atoms with Gasteiger partial charge in [0.25, 0.3) is 0 Å². The number of rotatable bonds is 12. The number of phenols is 1. The first kappa shape index (κ1) is 28.8. The number of benzene rings is 1. The number of thioether (sulfide) groups is 1. The number of amides is 2. The van der Waals surface area contributed by atoms with E-state index in [1.807, 2.05) is 6.92 Å². The van der Waals surface area contributed by atoms with Crippen molar-refractivity contribution in [2.75, 3.05) is 26.6 Å². The topological polar surface area (TPSA) is 162 Å². The fourth-order valence-electron chi connectivity index (χ4n) is 3.08. The normalized spacial score (nSPS) is 12.2. The third kappa shape index (κ3) is 7.07. The number of hydrogen-bond acceptors (Lipinski definition) is 12. The standard InChI is InChI=1S/C22H28N4O8S2/c1-6-8-33-22(30)23-10-14-24-19(34-26-14)17(35)18(28)25-20(36-7-2)16-12(27)9-13(31-4)11(3)15(16)21(29)32-5/h6,9,17,20,27,35H,1,7-8,10H2,2-5H3,(H,23,30)(H,25,28). The van der Waals surface area contributed by atoms with Crippen LogP contribution in [0.25, 0.3) is 0 Å². The van der Waals surface area contributed by atoms with E-state index in [1.54, 1.807) is 6.92 Å². The molecule has 0 saturated heterocycles. The smallest absolute Gasteiger partial charge is 0.407 e. The Morgan fingerprint density at radius 3 is 2.69 bits per heavy atom. The summed E-state index contributed by atoms with van der Waals surface area (Å²) >= 11 is 5.55. The van der Waals surface area contributed by atoms with Crippen LogP contribution in [0.1, 0.15) is 50.7 Å². The van der Waals surface area contributed by atoms with Crippen LogP contribution in [0.15, 0.2) is 23.2 Å². The zero-order valence-corrected chi connectivity index (χ0v) is 21.9. The Hall–Kier alpha value is -3.39. The number of carbonyl (C=O) groups excluding carboxylic acids is 3. The molecule has 36 heavy (non-hydrogen) atoms. The fourth-order valence-corrected chi connectivity index (χ4v) is 4.19. The van der Waals surface area contributed by atoms with Crippen LogP contribution in [0.4, 0.5) is 4.79 Å². The van der Waals surface area contributed by atoms with E-state index in [2.05, 4.69) is 40.0 Å². The zero-order valence-electron chi connectivity index (χ0n) is 20.2. The molecule has 0 aliphatic heterocycles. The Kier molecular flexibility index (Phi) is 10.9. The van der Waals surface area contributed by atoms with E-state index in [-0.39, 0.29) is 47.5 Å². The molecule has 1 aromatic heterocycles. The molecule has 0 bridgehead atoms. The number of esters is 1. The first-order chi connectivity index (χ1) is 17.2. The van der Waals surface area contributed by atoms with Crippen LogP contribution >= 0.6 is 24.4 Å². The van der Waals surface area contributed by atoms with Crippen LogP contribution in [0.5, 0.6) is 11.5 Å². The molecule has 12 nitrogen and oxygen atoms in total. The van der Waals surface area contributed by atoms with Gasteiger partial charge in [0.15, 0.2) is 11.1 Å². The first-order valence-electron chi connectivity index (χ1n) is 10.6. The predicted octanol–water partition coefficient (Wildman–Crippen LogP) is 2.83. The highest BCUT2D eigenvalue weighted by Gasteiger charge is 2.31. The minimum Gasteiger partial charge on any atom is -0.507 e. The number of aromatic nitrogens is 2. The Labute approximate surface area is 217 Å². The van der Waals surface area contributed by atoms with Crippen molar-refractivity contribution in [1.29, 1.82) is 0 Å². The average molecular weight is 541 g/mol. The highest BCUT2D eigenvalue weighted by Crippen LogP contribution is 2.41. The van der Waals surface area contributed by atoms with Crippen molar-refractivity contribution >= 4 is 42.4 Å². The molecule has 2 amide bonds. The molecule has 3 N–H and O–H groups in total. The highest BCUT2D eigenvalue weighted by molar-refractivity contribution is 7.99. The molecule has 1 aromatic carbocycles. The van der Waals surface area contributed by atoms with E-state index < -0.39 is 28.6 Å². The van der Waals surface area contributed by atoms with Crippen LogP contribution < -0.4 is 15.4 Å². The lowest BCUT2D eigenvalue weighted by molar-refractivity contribution is -0.121. The van der Waals surface area contributed by atoms with Crippen LogP contribution in [0, 0.1) is 6.92 Å². The van der Waals surface area contributed by atoms with E-state index in [1.165, 1.54) is 38.1 Å². The quantitative estimate of drug-likeness (QED) is 0.135. The average Bonchev–Trinajstić information content (AvgIpc) is 3.34. The van der Waals surface area contributed by atoms with Gasteiger partial charge in [-0.25, -0.2) is 9.59 Å². The van der Waals surface area contributed by atoms with Gasteiger partial charge in [0.2, 0.25) is 11.8 Å². The number of carbonyl (C=O) groups is 3. The molecule has 0 aliphatic carbocycles. The van der Waals surface area contributed by atoms with Crippen molar-refractivity contribution in [3.8, 4) is 11.5 Å². The molecule has 2 atom stereocenters. The van der Waals surface area contributed by atoms with Gasteiger partial charge in [0.05, 0.1) is 26.3 Å². The minimum atomic E-state index is -1.18. The SMILES string of the molecule is C=CCOC(=O)NCc1noc(C(S)C(=O)NC(SCC)c2c(O)cc(OC)c(C)c2C(=O)OC)n1. The van der Waals surface area contributed by atoms with Crippen LogP contribution in [0.3, 0.4) is 0 Å². The molecule has 0 radical (unpaired) electrons. The minimum absolute atomic E-state index is 0.0418. The van der Waals surface area contributed by atoms with Gasteiger partial charge >= 0.3 is 12.1 Å². The second-order valence-electron chi connectivity index (χ2n) is 7.04. The number of nitrogens with one attached hydrogen (secondary N) is 2. The number of phenolic OH excluding ortho intramolecular Hbond substituents is 1. The summed E-state index contributed by atoms with van der Waals surface area (Å²) in [5, 5.41) is 17.6. The number of ether oxygens (including phenoxy) is 3. The van der Waals surface area contributed by atoms with Gasteiger partial charge in [-0.3, -0.25) is 4.79 Å². The van der Waals surface area contributed by atoms with Gasteiger partial charge in [0.1, 0.15) is 23.5 Å². The van der Waals surface area contributed by atoms with E-state index in [0.29, 0.717) is 11.3 Å². The molecule has 1 heterocycles. The summed E-state index contributed by atoms with van der Waals surface area (Å²) < 4.78 is 20.0. The van der Waals surface area contributed by atoms with Gasteiger partial charge in [0, 0.05) is 17.2 Å². The third-order valence-electron chi connectivity index (χ3n) is 4.73. The van der Waals surface area contributed by atoms with E-state index in [9.17, 15) is 19.5 Å². The van der Waals surface area contributed by atoms with Crippen molar-refractivity contribution in [3.63, 3.8) is 0 Å². The van der Waals surface area contributed by atoms with Crippen molar-refractivity contribution in [1.82, 2.24) is 20.8 Å². The summed E-state index contributed by atoms with van der Waals surface area (Å²) in [5.74, 6) is -0.771. The van der Waals surface area contributed by atoms with Crippen molar-refractivity contribution < 1.29 is 38.2 Å². The monoisotopic (exact) mass is 540 g/mol. The third-order valence-corrected chi connectivity index (χ3v) is 6.20. The molecule has 0 aliphatic rings. The molecule has 0 saturated carbocycles. The summed E-state index contributed by atoms with van der Waals surface area (Å²) in [6, 6.07) is 1.36. The molecule has 2 rings (SSSR count). The van der Waals surface area contributed by atoms with Gasteiger partial charge in [-0.2, -0.15) is 17.6 Å². The summed E-state index contributed by atoms with van der Waals surface area (Å²) in [4.78, 5) is 41.2. The van der Waals surface area contributed by atoms with E-state index in [0.717, 1.165) is 0 Å². The number of thiol groups is 1. The Bertz CT molecular complexity index is 1110. The van der Waals surface area contributed by atoms with Crippen LogP contribution in [-0.4, -0.2) is 59.8 Å². The first-order valence-corrected chi connectivity index (χ1v) is 12.2. The zero-order chi connectivity index (χ0) is 26.8. The maximum absolute atomic E-state index is 13.0.